The topological polar surface area (TPSA) is 83.2 Å². The number of benzene rings is 2. The molecule has 2 aliphatic heterocycles. The molecule has 4 rings (SSSR count). The van der Waals surface area contributed by atoms with Gasteiger partial charge in [-0.05, 0) is 23.6 Å². The lowest BCUT2D eigenvalue weighted by Crippen LogP contribution is -2.45. The van der Waals surface area contributed by atoms with Crippen LogP contribution in [-0.2, 0) is 17.7 Å². The Labute approximate surface area is 199 Å². The van der Waals surface area contributed by atoms with Crippen LogP contribution in [-0.4, -0.2) is 61.7 Å². The van der Waals surface area contributed by atoms with Gasteiger partial charge in [-0.15, -0.1) is 24.0 Å². The predicted molar refractivity (Wildman–Crippen MR) is 132 cm³/mol. The zero-order valence-electron chi connectivity index (χ0n) is 17.4. The van der Waals surface area contributed by atoms with Gasteiger partial charge >= 0.3 is 0 Å². The summed E-state index contributed by atoms with van der Waals surface area (Å²) in [6.07, 6.45) is 0.998. The molecular weight excluding hydrogens is 509 g/mol. The highest BCUT2D eigenvalue weighted by atomic mass is 127. The van der Waals surface area contributed by atoms with Crippen LogP contribution in [0.4, 0.5) is 11.4 Å². The van der Waals surface area contributed by atoms with Crippen molar-refractivity contribution in [2.75, 3.05) is 50.8 Å². The van der Waals surface area contributed by atoms with Crippen LogP contribution in [0, 0.1) is 10.1 Å². The lowest BCUT2D eigenvalue weighted by molar-refractivity contribution is -0.384. The Kier molecular flexibility index (Phi) is 8.61. The molecule has 31 heavy (non-hydrogen) atoms. The molecule has 0 spiro atoms. The van der Waals surface area contributed by atoms with E-state index in [1.807, 2.05) is 0 Å². The fourth-order valence-corrected chi connectivity index (χ4v) is 3.83. The van der Waals surface area contributed by atoms with Crippen molar-refractivity contribution < 1.29 is 9.66 Å². The minimum atomic E-state index is -0.382. The van der Waals surface area contributed by atoms with Gasteiger partial charge in [0.05, 0.1) is 24.7 Å². The Bertz CT molecular complexity index is 900. The Morgan fingerprint density at radius 2 is 1.84 bits per heavy atom. The number of aliphatic imine (C=N–C) groups is 1. The van der Waals surface area contributed by atoms with Crippen LogP contribution < -0.4 is 10.2 Å². The Morgan fingerprint density at radius 1 is 1.10 bits per heavy atom. The van der Waals surface area contributed by atoms with E-state index in [0.717, 1.165) is 63.9 Å². The van der Waals surface area contributed by atoms with Crippen molar-refractivity contribution in [2.45, 2.75) is 13.0 Å². The number of hydrogen-bond acceptors (Lipinski definition) is 5. The first-order chi connectivity index (χ1) is 14.7. The predicted octanol–water partition coefficient (Wildman–Crippen LogP) is 3.05. The number of fused-ring (bicyclic) bond motifs is 1. The van der Waals surface area contributed by atoms with Gasteiger partial charge in [0.15, 0.2) is 5.96 Å². The second kappa shape index (κ2) is 11.4. The van der Waals surface area contributed by atoms with E-state index in [1.54, 1.807) is 12.1 Å². The third-order valence-corrected chi connectivity index (χ3v) is 5.52. The standard InChI is InChI=1S/C22H27N5O3.HI/c28-27(29)20-7-5-18(6-8-20)17-24-22(23-10-12-25-13-15-30-16-14-25)26-11-9-19-3-1-2-4-21(19)26;/h1-8H,9-17H2,(H,23,24);1H. The maximum absolute atomic E-state index is 10.9. The van der Waals surface area contributed by atoms with E-state index in [4.69, 9.17) is 9.73 Å². The number of ether oxygens (including phenoxy) is 1. The summed E-state index contributed by atoms with van der Waals surface area (Å²) in [5.41, 5.74) is 3.56. The van der Waals surface area contributed by atoms with Crippen LogP contribution in [0.5, 0.6) is 0 Å². The number of halogens is 1. The van der Waals surface area contributed by atoms with Gasteiger partial charge in [0.2, 0.25) is 0 Å². The first-order valence-corrected chi connectivity index (χ1v) is 10.4. The van der Waals surface area contributed by atoms with Crippen molar-refractivity contribution in [3.63, 3.8) is 0 Å². The second-order valence-corrected chi connectivity index (χ2v) is 7.47. The quantitative estimate of drug-likeness (QED) is 0.201. The van der Waals surface area contributed by atoms with Crippen LogP contribution in [0.3, 0.4) is 0 Å². The van der Waals surface area contributed by atoms with Gasteiger partial charge < -0.3 is 15.0 Å². The maximum atomic E-state index is 10.9. The molecule has 1 N–H and O–H groups in total. The van der Waals surface area contributed by atoms with Crippen LogP contribution in [0.15, 0.2) is 53.5 Å². The Balaban J connectivity index is 0.00000272. The zero-order chi connectivity index (χ0) is 20.8. The summed E-state index contributed by atoms with van der Waals surface area (Å²) in [5, 5.41) is 14.4. The van der Waals surface area contributed by atoms with Gasteiger partial charge in [0.1, 0.15) is 0 Å². The molecular formula is C22H28IN5O3. The van der Waals surface area contributed by atoms with E-state index >= 15 is 0 Å². The van der Waals surface area contributed by atoms with Gasteiger partial charge in [0, 0.05) is 50.5 Å². The summed E-state index contributed by atoms with van der Waals surface area (Å²) in [5.74, 6) is 0.853. The molecule has 0 amide bonds. The van der Waals surface area contributed by atoms with Gasteiger partial charge in [0.25, 0.3) is 5.69 Å². The molecule has 0 bridgehead atoms. The summed E-state index contributed by atoms with van der Waals surface area (Å²) in [6, 6.07) is 15.0. The molecule has 0 aromatic heterocycles. The first-order valence-electron chi connectivity index (χ1n) is 10.4. The highest BCUT2D eigenvalue weighted by Gasteiger charge is 2.23. The van der Waals surface area contributed by atoms with Gasteiger partial charge in [-0.3, -0.25) is 15.0 Å². The van der Waals surface area contributed by atoms with Crippen molar-refractivity contribution in [1.82, 2.24) is 10.2 Å². The van der Waals surface area contributed by atoms with Crippen LogP contribution in [0.25, 0.3) is 0 Å². The van der Waals surface area contributed by atoms with E-state index in [-0.39, 0.29) is 34.6 Å². The fourth-order valence-electron chi connectivity index (χ4n) is 3.83. The lowest BCUT2D eigenvalue weighted by atomic mass is 10.2. The van der Waals surface area contributed by atoms with Crippen LogP contribution in [0.2, 0.25) is 0 Å². The molecule has 1 saturated heterocycles. The summed E-state index contributed by atoms with van der Waals surface area (Å²) in [7, 11) is 0. The molecule has 0 atom stereocenters. The number of nitrogens with zero attached hydrogens (tertiary/aromatic N) is 4. The molecule has 0 radical (unpaired) electrons. The molecule has 2 aliphatic rings. The average molecular weight is 537 g/mol. The number of morpholine rings is 1. The third-order valence-electron chi connectivity index (χ3n) is 5.52. The normalized spacial score (nSPS) is 16.5. The number of rotatable bonds is 6. The van der Waals surface area contributed by atoms with E-state index in [1.165, 1.54) is 23.4 Å². The molecule has 2 aromatic carbocycles. The summed E-state index contributed by atoms with van der Waals surface area (Å²) >= 11 is 0. The van der Waals surface area contributed by atoms with Crippen molar-refractivity contribution in [1.29, 1.82) is 0 Å². The molecule has 1 fully saturated rings. The maximum Gasteiger partial charge on any atom is 0.269 e. The van der Waals surface area contributed by atoms with Crippen LogP contribution >= 0.6 is 24.0 Å². The van der Waals surface area contributed by atoms with Gasteiger partial charge in [-0.1, -0.05) is 30.3 Å². The number of guanidine groups is 1. The minimum Gasteiger partial charge on any atom is -0.379 e. The fraction of sp³-hybridized carbons (Fsp3) is 0.409. The first kappa shape index (κ1) is 23.4. The van der Waals surface area contributed by atoms with E-state index in [2.05, 4.69) is 39.4 Å². The molecule has 9 heteroatoms. The molecule has 0 saturated carbocycles. The Morgan fingerprint density at radius 3 is 2.58 bits per heavy atom. The van der Waals surface area contributed by atoms with Crippen molar-refractivity contribution >= 4 is 41.3 Å². The largest absolute Gasteiger partial charge is 0.379 e. The third kappa shape index (κ3) is 6.14. The minimum absolute atomic E-state index is 0. The number of hydrogen-bond donors (Lipinski definition) is 1. The average Bonchev–Trinajstić information content (AvgIpc) is 3.21. The van der Waals surface area contributed by atoms with E-state index in [9.17, 15) is 10.1 Å². The summed E-state index contributed by atoms with van der Waals surface area (Å²) < 4.78 is 5.42. The number of non-ortho nitro benzene ring substituents is 1. The van der Waals surface area contributed by atoms with Crippen LogP contribution in [0.1, 0.15) is 11.1 Å². The Hall–Kier alpha value is -2.24. The highest BCUT2D eigenvalue weighted by Crippen LogP contribution is 2.27. The molecule has 166 valence electrons. The van der Waals surface area contributed by atoms with Gasteiger partial charge in [-0.2, -0.15) is 0 Å². The molecule has 8 nitrogen and oxygen atoms in total. The summed E-state index contributed by atoms with van der Waals surface area (Å²) in [4.78, 5) is 20.0. The molecule has 0 unspecified atom stereocenters. The molecule has 2 aromatic rings. The van der Waals surface area contributed by atoms with Crippen molar-refractivity contribution in [3.05, 3.63) is 69.8 Å². The van der Waals surface area contributed by atoms with E-state index in [0.29, 0.717) is 6.54 Å². The van der Waals surface area contributed by atoms with Crippen molar-refractivity contribution in [2.24, 2.45) is 4.99 Å². The number of nitro groups is 1. The smallest absolute Gasteiger partial charge is 0.269 e. The van der Waals surface area contributed by atoms with Crippen molar-refractivity contribution in [3.8, 4) is 0 Å². The molecule has 0 aliphatic carbocycles. The summed E-state index contributed by atoms with van der Waals surface area (Å²) in [6.45, 7) is 6.61. The van der Waals surface area contributed by atoms with E-state index < -0.39 is 0 Å². The van der Waals surface area contributed by atoms with Gasteiger partial charge in [-0.25, -0.2) is 4.99 Å². The number of para-hydroxylation sites is 1. The lowest BCUT2D eigenvalue weighted by Gasteiger charge is -2.28. The highest BCUT2D eigenvalue weighted by molar-refractivity contribution is 14.0. The SMILES string of the molecule is I.O=[N+]([O-])c1ccc(CN=C(NCCN2CCOCC2)N2CCc3ccccc32)cc1. The molecule has 2 heterocycles. The zero-order valence-corrected chi connectivity index (χ0v) is 19.7. The number of anilines is 1. The number of nitrogens with one attached hydrogen (secondary N) is 1. The monoisotopic (exact) mass is 537 g/mol. The second-order valence-electron chi connectivity index (χ2n) is 7.47. The number of nitro benzene ring substituents is 1.